The molecule has 0 aromatic heterocycles. The molecule has 0 saturated carbocycles. The summed E-state index contributed by atoms with van der Waals surface area (Å²) in [5, 5.41) is 0.660. The molecule has 0 aliphatic carbocycles. The maximum Gasteiger partial charge on any atom is 0.254 e. The molecular weight excluding hydrogens is 382 g/mol. The Morgan fingerprint density at radius 2 is 1.83 bits per heavy atom. The smallest absolute Gasteiger partial charge is 0.254 e. The van der Waals surface area contributed by atoms with Crippen LogP contribution in [0.1, 0.15) is 10.4 Å². The van der Waals surface area contributed by atoms with Gasteiger partial charge in [-0.05, 0) is 58.4 Å². The second kappa shape index (κ2) is 8.22. The molecule has 4 nitrogen and oxygen atoms in total. The lowest BCUT2D eigenvalue weighted by molar-refractivity contribution is 0.0772. The third-order valence-corrected chi connectivity index (χ3v) is 4.20. The predicted octanol–water partition coefficient (Wildman–Crippen LogP) is 4.26. The lowest BCUT2D eigenvalue weighted by Crippen LogP contribution is -2.31. The summed E-state index contributed by atoms with van der Waals surface area (Å²) in [5.41, 5.74) is 0.554. The lowest BCUT2D eigenvalue weighted by Gasteiger charge is -2.18. The van der Waals surface area contributed by atoms with Gasteiger partial charge in [-0.3, -0.25) is 4.79 Å². The average molecular weight is 399 g/mol. The highest BCUT2D eigenvalue weighted by Gasteiger charge is 2.15. The summed E-state index contributed by atoms with van der Waals surface area (Å²) in [4.78, 5) is 14.1. The van der Waals surface area contributed by atoms with Gasteiger partial charge < -0.3 is 14.4 Å². The van der Waals surface area contributed by atoms with Crippen molar-refractivity contribution in [1.82, 2.24) is 4.90 Å². The number of carbonyl (C=O) groups excluding carboxylic acids is 1. The molecule has 1 amide bonds. The van der Waals surface area contributed by atoms with Crippen LogP contribution in [0.4, 0.5) is 0 Å². The number of rotatable bonds is 6. The number of carbonyl (C=O) groups is 1. The van der Waals surface area contributed by atoms with Gasteiger partial charge >= 0.3 is 0 Å². The van der Waals surface area contributed by atoms with E-state index in [1.165, 1.54) is 0 Å². The molecule has 0 bridgehead atoms. The Hall–Kier alpha value is -1.72. The van der Waals surface area contributed by atoms with Crippen LogP contribution in [-0.2, 0) is 0 Å². The molecule has 0 aliphatic rings. The van der Waals surface area contributed by atoms with Gasteiger partial charge in [0.15, 0.2) is 0 Å². The van der Waals surface area contributed by atoms with Gasteiger partial charge in [0.1, 0.15) is 18.1 Å². The van der Waals surface area contributed by atoms with Crippen LogP contribution in [0.25, 0.3) is 0 Å². The normalized spacial score (nSPS) is 10.3. The van der Waals surface area contributed by atoms with Crippen LogP contribution in [0.15, 0.2) is 46.9 Å². The van der Waals surface area contributed by atoms with Gasteiger partial charge in [-0.15, -0.1) is 0 Å². The van der Waals surface area contributed by atoms with Gasteiger partial charge in [-0.1, -0.05) is 11.6 Å². The molecule has 0 spiro atoms. The molecule has 0 saturated heterocycles. The first-order valence-electron chi connectivity index (χ1n) is 6.98. The van der Waals surface area contributed by atoms with E-state index in [1.54, 1.807) is 61.5 Å². The summed E-state index contributed by atoms with van der Waals surface area (Å²) in [7, 11) is 3.31. The predicted molar refractivity (Wildman–Crippen MR) is 94.6 cm³/mol. The van der Waals surface area contributed by atoms with E-state index in [-0.39, 0.29) is 5.91 Å². The fourth-order valence-electron chi connectivity index (χ4n) is 1.93. The molecule has 122 valence electrons. The Morgan fingerprint density at radius 3 is 2.48 bits per heavy atom. The Balaban J connectivity index is 1.93. The molecular formula is C17H17BrClNO3. The molecule has 2 aromatic rings. The number of amides is 1. The SMILES string of the molecule is COc1ccc(Br)c(C(=O)N(C)CCOc2ccc(Cl)cc2)c1. The van der Waals surface area contributed by atoms with Crippen molar-refractivity contribution >= 4 is 33.4 Å². The standard InChI is InChI=1S/C17H17BrClNO3/c1-20(9-10-23-13-5-3-12(19)4-6-13)17(21)15-11-14(22-2)7-8-16(15)18/h3-8,11H,9-10H2,1-2H3. The molecule has 23 heavy (non-hydrogen) atoms. The number of halogens is 2. The molecule has 0 atom stereocenters. The van der Waals surface area contributed by atoms with Crippen molar-refractivity contribution < 1.29 is 14.3 Å². The average Bonchev–Trinajstić information content (AvgIpc) is 2.56. The van der Waals surface area contributed by atoms with E-state index in [0.717, 1.165) is 10.2 Å². The van der Waals surface area contributed by atoms with E-state index in [4.69, 9.17) is 21.1 Å². The number of ether oxygens (including phenoxy) is 2. The van der Waals surface area contributed by atoms with Gasteiger partial charge in [0.25, 0.3) is 5.91 Å². The molecule has 0 fully saturated rings. The zero-order chi connectivity index (χ0) is 16.8. The van der Waals surface area contributed by atoms with E-state index in [0.29, 0.717) is 29.5 Å². The molecule has 0 unspecified atom stereocenters. The second-order valence-corrected chi connectivity index (χ2v) is 6.17. The molecule has 0 heterocycles. The maximum absolute atomic E-state index is 12.5. The third kappa shape index (κ3) is 4.88. The van der Waals surface area contributed by atoms with Crippen molar-refractivity contribution in [3.8, 4) is 11.5 Å². The van der Waals surface area contributed by atoms with Crippen molar-refractivity contribution in [2.75, 3.05) is 27.3 Å². The molecule has 0 radical (unpaired) electrons. The Bertz CT molecular complexity index is 676. The number of likely N-dealkylation sites (N-methyl/N-ethyl adjacent to an activating group) is 1. The maximum atomic E-state index is 12.5. The Labute approximate surface area is 149 Å². The first kappa shape index (κ1) is 17.6. The minimum absolute atomic E-state index is 0.101. The topological polar surface area (TPSA) is 38.8 Å². The molecule has 0 N–H and O–H groups in total. The zero-order valence-electron chi connectivity index (χ0n) is 12.9. The van der Waals surface area contributed by atoms with E-state index in [9.17, 15) is 4.79 Å². The van der Waals surface area contributed by atoms with Crippen LogP contribution in [0.2, 0.25) is 5.02 Å². The number of hydrogen-bond donors (Lipinski definition) is 0. The zero-order valence-corrected chi connectivity index (χ0v) is 15.2. The number of benzene rings is 2. The summed E-state index contributed by atoms with van der Waals surface area (Å²) in [6, 6.07) is 12.4. The fraction of sp³-hybridized carbons (Fsp3) is 0.235. The van der Waals surface area contributed by atoms with Gasteiger partial charge in [0.2, 0.25) is 0 Å². The van der Waals surface area contributed by atoms with Gasteiger partial charge in [-0.25, -0.2) is 0 Å². The van der Waals surface area contributed by atoms with Crippen molar-refractivity contribution in [1.29, 1.82) is 0 Å². The monoisotopic (exact) mass is 397 g/mol. The first-order valence-corrected chi connectivity index (χ1v) is 8.15. The van der Waals surface area contributed by atoms with Crippen LogP contribution < -0.4 is 9.47 Å². The minimum atomic E-state index is -0.101. The first-order chi connectivity index (χ1) is 11.0. The highest BCUT2D eigenvalue weighted by Crippen LogP contribution is 2.23. The fourth-order valence-corrected chi connectivity index (χ4v) is 2.48. The molecule has 0 aliphatic heterocycles. The van der Waals surface area contributed by atoms with Crippen LogP contribution in [0.3, 0.4) is 0 Å². The summed E-state index contributed by atoms with van der Waals surface area (Å²) in [6.45, 7) is 0.858. The van der Waals surface area contributed by atoms with E-state index < -0.39 is 0 Å². The molecule has 6 heteroatoms. The highest BCUT2D eigenvalue weighted by molar-refractivity contribution is 9.10. The summed E-state index contributed by atoms with van der Waals surface area (Å²) >= 11 is 9.22. The van der Waals surface area contributed by atoms with Gasteiger partial charge in [-0.2, -0.15) is 0 Å². The largest absolute Gasteiger partial charge is 0.497 e. The van der Waals surface area contributed by atoms with Gasteiger partial charge in [0.05, 0.1) is 19.2 Å². The number of hydrogen-bond acceptors (Lipinski definition) is 3. The van der Waals surface area contributed by atoms with Crippen molar-refractivity contribution in [3.63, 3.8) is 0 Å². The Morgan fingerprint density at radius 1 is 1.17 bits per heavy atom. The third-order valence-electron chi connectivity index (χ3n) is 3.26. The minimum Gasteiger partial charge on any atom is -0.497 e. The summed E-state index contributed by atoms with van der Waals surface area (Å²) in [6.07, 6.45) is 0. The second-order valence-electron chi connectivity index (χ2n) is 4.87. The quantitative estimate of drug-likeness (QED) is 0.730. The van der Waals surface area contributed by atoms with E-state index in [2.05, 4.69) is 15.9 Å². The van der Waals surface area contributed by atoms with E-state index >= 15 is 0 Å². The van der Waals surface area contributed by atoms with Crippen LogP contribution >= 0.6 is 27.5 Å². The molecule has 2 rings (SSSR count). The van der Waals surface area contributed by atoms with E-state index in [1.807, 2.05) is 0 Å². The summed E-state index contributed by atoms with van der Waals surface area (Å²) in [5.74, 6) is 1.26. The van der Waals surface area contributed by atoms with Crippen LogP contribution in [0.5, 0.6) is 11.5 Å². The molecule has 2 aromatic carbocycles. The van der Waals surface area contributed by atoms with Crippen LogP contribution in [-0.4, -0.2) is 38.1 Å². The Kier molecular flexibility index (Phi) is 6.30. The van der Waals surface area contributed by atoms with Gasteiger partial charge in [0, 0.05) is 16.5 Å². The van der Waals surface area contributed by atoms with Crippen molar-refractivity contribution in [2.45, 2.75) is 0 Å². The summed E-state index contributed by atoms with van der Waals surface area (Å²) < 4.78 is 11.5. The highest BCUT2D eigenvalue weighted by atomic mass is 79.9. The number of methoxy groups -OCH3 is 1. The van der Waals surface area contributed by atoms with Crippen molar-refractivity contribution in [3.05, 3.63) is 57.5 Å². The number of nitrogens with zero attached hydrogens (tertiary/aromatic N) is 1. The van der Waals surface area contributed by atoms with Crippen LogP contribution in [0, 0.1) is 0 Å². The lowest BCUT2D eigenvalue weighted by atomic mass is 10.2. The van der Waals surface area contributed by atoms with Crippen molar-refractivity contribution in [2.24, 2.45) is 0 Å².